The first-order valence-corrected chi connectivity index (χ1v) is 14.9. The summed E-state index contributed by atoms with van der Waals surface area (Å²) in [5.41, 5.74) is 3.93. The Kier molecular flexibility index (Phi) is 13.4. The van der Waals surface area contributed by atoms with Crippen molar-refractivity contribution >= 4 is 52.8 Å². The molecule has 1 unspecified atom stereocenters. The highest BCUT2D eigenvalue weighted by molar-refractivity contribution is 6.00. The van der Waals surface area contributed by atoms with Gasteiger partial charge in [-0.1, -0.05) is 12.1 Å². The van der Waals surface area contributed by atoms with Crippen LogP contribution in [-0.4, -0.2) is 81.2 Å². The number of aromatic amines is 2. The second-order valence-corrected chi connectivity index (χ2v) is 10.3. The summed E-state index contributed by atoms with van der Waals surface area (Å²) < 4.78 is 11.0. The van der Waals surface area contributed by atoms with Crippen molar-refractivity contribution in [3.05, 3.63) is 60.2 Å². The van der Waals surface area contributed by atoms with Crippen molar-refractivity contribution in [3.8, 4) is 0 Å². The zero-order valence-electron chi connectivity index (χ0n) is 26.6. The lowest BCUT2D eigenvalue weighted by atomic mass is 10.2. The van der Waals surface area contributed by atoms with Crippen LogP contribution in [0.25, 0.3) is 0 Å². The molecule has 19 nitrogen and oxygen atoms in total. The Morgan fingerprint density at radius 3 is 1.94 bits per heavy atom. The zero-order chi connectivity index (χ0) is 34.1. The number of rotatable bonds is 17. The van der Waals surface area contributed by atoms with Crippen molar-refractivity contribution < 1.29 is 33.6 Å². The molecule has 8 N–H and O–H groups in total. The molecule has 256 valence electrons. The summed E-state index contributed by atoms with van der Waals surface area (Å²) in [6.45, 7) is 6.44. The summed E-state index contributed by atoms with van der Waals surface area (Å²) in [7, 11) is 0. The van der Waals surface area contributed by atoms with Crippen LogP contribution in [0, 0.1) is 13.8 Å². The second kappa shape index (κ2) is 18.4. The lowest BCUT2D eigenvalue weighted by Gasteiger charge is -2.15. The molecule has 4 rings (SSSR count). The minimum atomic E-state index is -0.656. The summed E-state index contributed by atoms with van der Waals surface area (Å²) in [4.78, 5) is 54.7. The maximum absolute atomic E-state index is 12.3. The molecule has 0 bridgehead atoms. The average molecular weight is 667 g/mol. The van der Waals surface area contributed by atoms with Gasteiger partial charge in [-0.15, -0.1) is 0 Å². The summed E-state index contributed by atoms with van der Waals surface area (Å²) in [6, 6.07) is 9.56. The molecule has 48 heavy (non-hydrogen) atoms. The molecule has 19 heteroatoms. The molecule has 0 saturated heterocycles. The number of aryl methyl sites for hydroxylation is 2. The number of carbonyl (C=O) groups is 3. The van der Waals surface area contributed by atoms with E-state index in [-0.39, 0.29) is 31.3 Å². The Morgan fingerprint density at radius 2 is 1.33 bits per heavy atom. The largest absolute Gasteiger partial charge is 0.447 e. The Labute approximate surface area is 275 Å². The van der Waals surface area contributed by atoms with Crippen molar-refractivity contribution in [1.29, 1.82) is 0 Å². The first-order valence-electron chi connectivity index (χ1n) is 14.9. The van der Waals surface area contributed by atoms with Crippen LogP contribution in [0.1, 0.15) is 30.9 Å². The third-order valence-corrected chi connectivity index (χ3v) is 6.40. The van der Waals surface area contributed by atoms with Crippen LogP contribution in [0.2, 0.25) is 0 Å². The molecule has 0 aliphatic heterocycles. The normalized spacial score (nSPS) is 11.3. The zero-order valence-corrected chi connectivity index (χ0v) is 26.6. The molecule has 2 aromatic carbocycles. The van der Waals surface area contributed by atoms with Crippen molar-refractivity contribution in [2.24, 2.45) is 0 Å². The molecule has 0 fully saturated rings. The molecule has 1 atom stereocenters. The predicted molar refractivity (Wildman–Crippen MR) is 176 cm³/mol. The third-order valence-electron chi connectivity index (χ3n) is 6.40. The number of aromatic nitrogens is 6. The standard InChI is InChI=1S/C29H38N12O7/c1-18-6-8-21(12-23(18)36-27(42)38-25-30-15-33-40-25)32-17-48-47-11-5-4-10-45-20(3)14-46-29(44)35-22-9-7-19(2)24(13-22)37-28(43)39-26-31-16-34-41-26/h6-9,12-13,15-16,20,32H,4-5,10-11,14,17H2,1-3H3,(H,35,44)(H3,30,33,36,38,40,42)(H3,31,34,37,39,41,43). The summed E-state index contributed by atoms with van der Waals surface area (Å²) in [5.74, 6) is 0.433. The van der Waals surface area contributed by atoms with E-state index in [4.69, 9.17) is 19.2 Å². The highest BCUT2D eigenvalue weighted by Gasteiger charge is 2.12. The first kappa shape index (κ1) is 35.1. The van der Waals surface area contributed by atoms with Gasteiger partial charge in [0.15, 0.2) is 6.73 Å². The highest BCUT2D eigenvalue weighted by atomic mass is 17.2. The fourth-order valence-corrected chi connectivity index (χ4v) is 3.91. The van der Waals surface area contributed by atoms with Crippen LogP contribution in [0.15, 0.2) is 49.1 Å². The van der Waals surface area contributed by atoms with E-state index in [1.807, 2.05) is 26.0 Å². The molecular formula is C29H38N12O7. The van der Waals surface area contributed by atoms with E-state index in [0.717, 1.165) is 16.8 Å². The molecule has 5 amide bonds. The minimum Gasteiger partial charge on any atom is -0.447 e. The van der Waals surface area contributed by atoms with Crippen molar-refractivity contribution in [2.45, 2.75) is 39.7 Å². The number of ether oxygens (including phenoxy) is 2. The quantitative estimate of drug-likeness (QED) is 0.0334. The van der Waals surface area contributed by atoms with Crippen LogP contribution < -0.4 is 31.9 Å². The number of amides is 5. The molecule has 4 aromatic rings. The number of nitrogens with one attached hydrogen (secondary N) is 8. The number of nitrogens with zero attached hydrogens (tertiary/aromatic N) is 4. The summed E-state index contributed by atoms with van der Waals surface area (Å²) >= 11 is 0. The van der Waals surface area contributed by atoms with Gasteiger partial charge in [0.1, 0.15) is 19.3 Å². The SMILES string of the molecule is Cc1ccc(NCOOCCCCOC(C)COC(=O)Nc2ccc(C)c(NC(=O)Nc3ncn[nH]3)c2)cc1NC(=O)Nc1ncn[nH]1. The number of H-pyrrole nitrogens is 2. The number of anilines is 6. The predicted octanol–water partition coefficient (Wildman–Crippen LogP) is 4.58. The summed E-state index contributed by atoms with van der Waals surface area (Å²) in [5, 5.41) is 28.6. The van der Waals surface area contributed by atoms with Crippen molar-refractivity contribution in [1.82, 2.24) is 30.4 Å². The number of hydrogen-bond acceptors (Lipinski definition) is 12. The molecule has 0 spiro atoms. The van der Waals surface area contributed by atoms with Gasteiger partial charge in [0.2, 0.25) is 11.9 Å². The fraction of sp³-hybridized carbons (Fsp3) is 0.345. The topological polar surface area (TPSA) is 243 Å². The van der Waals surface area contributed by atoms with Gasteiger partial charge in [-0.3, -0.25) is 16.0 Å². The van der Waals surface area contributed by atoms with Gasteiger partial charge in [0, 0.05) is 29.4 Å². The lowest BCUT2D eigenvalue weighted by Crippen LogP contribution is -2.23. The van der Waals surface area contributed by atoms with Crippen LogP contribution in [0.3, 0.4) is 0 Å². The van der Waals surface area contributed by atoms with Gasteiger partial charge in [-0.05, 0) is 69.0 Å². The van der Waals surface area contributed by atoms with Gasteiger partial charge < -0.3 is 25.4 Å². The maximum Gasteiger partial charge on any atom is 0.411 e. The third kappa shape index (κ3) is 12.2. The van der Waals surface area contributed by atoms with Gasteiger partial charge in [0.05, 0.1) is 12.7 Å². The molecule has 0 radical (unpaired) electrons. The second-order valence-electron chi connectivity index (χ2n) is 10.3. The lowest BCUT2D eigenvalue weighted by molar-refractivity contribution is -0.290. The summed E-state index contributed by atoms with van der Waals surface area (Å²) in [6.07, 6.45) is 2.98. The van der Waals surface area contributed by atoms with E-state index in [1.165, 1.54) is 12.7 Å². The molecule has 0 saturated carbocycles. The van der Waals surface area contributed by atoms with E-state index < -0.39 is 18.2 Å². The van der Waals surface area contributed by atoms with Crippen molar-refractivity contribution in [2.75, 3.05) is 58.5 Å². The smallest absolute Gasteiger partial charge is 0.411 e. The maximum atomic E-state index is 12.3. The molecule has 0 aliphatic carbocycles. The van der Waals surface area contributed by atoms with Gasteiger partial charge >= 0.3 is 18.2 Å². The number of benzene rings is 2. The van der Waals surface area contributed by atoms with Gasteiger partial charge in [-0.2, -0.15) is 20.2 Å². The van der Waals surface area contributed by atoms with E-state index in [1.54, 1.807) is 31.2 Å². The Bertz CT molecular complexity index is 1600. The van der Waals surface area contributed by atoms with E-state index in [9.17, 15) is 14.4 Å². The van der Waals surface area contributed by atoms with E-state index in [0.29, 0.717) is 43.1 Å². The van der Waals surface area contributed by atoms with Crippen molar-refractivity contribution in [3.63, 3.8) is 0 Å². The van der Waals surface area contributed by atoms with Crippen LogP contribution in [-0.2, 0) is 19.2 Å². The van der Waals surface area contributed by atoms with Crippen LogP contribution in [0.4, 0.5) is 49.0 Å². The number of urea groups is 2. The number of unbranched alkanes of at least 4 members (excludes halogenated alkanes) is 1. The number of carbonyl (C=O) groups excluding carboxylic acids is 3. The Balaban J connectivity index is 1.03. The van der Waals surface area contributed by atoms with Crippen LogP contribution in [0.5, 0.6) is 0 Å². The Hall–Kier alpha value is -5.79. The highest BCUT2D eigenvalue weighted by Crippen LogP contribution is 2.22. The van der Waals surface area contributed by atoms with Gasteiger partial charge in [-0.25, -0.2) is 34.4 Å². The first-order chi connectivity index (χ1) is 23.2. The Morgan fingerprint density at radius 1 is 0.750 bits per heavy atom. The molecule has 0 aliphatic rings. The molecule has 2 heterocycles. The van der Waals surface area contributed by atoms with E-state index >= 15 is 0 Å². The molecular weight excluding hydrogens is 628 g/mol. The monoisotopic (exact) mass is 666 g/mol. The number of hydrogen-bond donors (Lipinski definition) is 8. The van der Waals surface area contributed by atoms with Crippen LogP contribution >= 0.6 is 0 Å². The fourth-order valence-electron chi connectivity index (χ4n) is 3.91. The minimum absolute atomic E-state index is 0.0516. The van der Waals surface area contributed by atoms with Gasteiger partial charge in [0.25, 0.3) is 0 Å². The molecule has 2 aromatic heterocycles. The average Bonchev–Trinajstić information content (AvgIpc) is 3.77. The van der Waals surface area contributed by atoms with E-state index in [2.05, 4.69) is 62.3 Å².